The van der Waals surface area contributed by atoms with Gasteiger partial charge < -0.3 is 5.11 Å². The minimum atomic E-state index is -0.646. The fraction of sp³-hybridized carbons (Fsp3) is 0.900. The van der Waals surface area contributed by atoms with Gasteiger partial charge in [-0.05, 0) is 67.6 Å². The molecule has 3 heteroatoms. The lowest BCUT2D eigenvalue weighted by atomic mass is 9.44. The van der Waals surface area contributed by atoms with Gasteiger partial charge in [0.25, 0.3) is 0 Å². The molecule has 23 heavy (non-hydrogen) atoms. The van der Waals surface area contributed by atoms with Crippen LogP contribution < -0.4 is 0 Å². The van der Waals surface area contributed by atoms with Crippen molar-refractivity contribution in [2.45, 2.75) is 65.2 Å². The molecule has 3 nitrogen and oxygen atoms in total. The molecule has 0 amide bonds. The first-order valence-electron chi connectivity index (χ1n) is 9.75. The average Bonchev–Trinajstić information content (AvgIpc) is 2.83. The molecular formula is C20H30O3. The van der Waals surface area contributed by atoms with Gasteiger partial charge in [0.05, 0.1) is 5.92 Å². The van der Waals surface area contributed by atoms with Crippen LogP contribution in [0.5, 0.6) is 0 Å². The number of ketones is 1. The molecule has 2 bridgehead atoms. The highest BCUT2D eigenvalue weighted by molar-refractivity contribution is 5.87. The van der Waals surface area contributed by atoms with Crippen molar-refractivity contribution in [2.75, 3.05) is 0 Å². The Morgan fingerprint density at radius 3 is 2.70 bits per heavy atom. The minimum absolute atomic E-state index is 0.0409. The fourth-order valence-electron chi connectivity index (χ4n) is 7.46. The lowest BCUT2D eigenvalue weighted by molar-refractivity contribution is -0.168. The van der Waals surface area contributed by atoms with Gasteiger partial charge in [0.1, 0.15) is 5.78 Å². The summed E-state index contributed by atoms with van der Waals surface area (Å²) in [6.07, 6.45) is 8.95. The number of Topliss-reactive ketones (excluding diaryl/α,β-unsaturated/α-hetero) is 1. The van der Waals surface area contributed by atoms with E-state index in [1.165, 1.54) is 25.7 Å². The fourth-order valence-corrected chi connectivity index (χ4v) is 7.46. The van der Waals surface area contributed by atoms with E-state index in [-0.39, 0.29) is 29.1 Å². The summed E-state index contributed by atoms with van der Waals surface area (Å²) in [6.45, 7) is 4.61. The standard InChI is InChI=1S/C20H30O3/c1-3-12-14-6-4-5-9-20(14,2)15-10-11-7-8-13(16(11)19(22)23)17(15)18(12)21/h11-17H,3-10H2,1-2H3,(H,22,23)/t11?,12-,13?,14?,15?,16-,17?,20-/m0/s1. The number of hydrogen-bond acceptors (Lipinski definition) is 2. The predicted molar refractivity (Wildman–Crippen MR) is 87.8 cm³/mol. The molecule has 4 rings (SSSR count). The topological polar surface area (TPSA) is 54.4 Å². The van der Waals surface area contributed by atoms with E-state index >= 15 is 0 Å². The van der Waals surface area contributed by atoms with E-state index in [9.17, 15) is 14.7 Å². The summed E-state index contributed by atoms with van der Waals surface area (Å²) in [4.78, 5) is 25.1. The van der Waals surface area contributed by atoms with E-state index < -0.39 is 5.97 Å². The van der Waals surface area contributed by atoms with Crippen LogP contribution in [0.2, 0.25) is 0 Å². The highest BCUT2D eigenvalue weighted by Gasteiger charge is 2.63. The molecule has 4 fully saturated rings. The molecule has 0 aromatic rings. The molecule has 4 aliphatic carbocycles. The Hall–Kier alpha value is -0.860. The molecule has 1 N–H and O–H groups in total. The van der Waals surface area contributed by atoms with E-state index in [1.807, 2.05) is 0 Å². The van der Waals surface area contributed by atoms with Gasteiger partial charge in [0.2, 0.25) is 0 Å². The first-order valence-corrected chi connectivity index (χ1v) is 9.75. The molecule has 0 aromatic carbocycles. The van der Waals surface area contributed by atoms with Crippen LogP contribution in [-0.4, -0.2) is 16.9 Å². The van der Waals surface area contributed by atoms with Crippen LogP contribution in [-0.2, 0) is 9.59 Å². The van der Waals surface area contributed by atoms with Crippen molar-refractivity contribution in [3.05, 3.63) is 0 Å². The van der Waals surface area contributed by atoms with Gasteiger partial charge in [0, 0.05) is 11.8 Å². The molecule has 4 aliphatic rings. The maximum atomic E-state index is 13.4. The molecule has 0 radical (unpaired) electrons. The molecule has 0 aliphatic heterocycles. The van der Waals surface area contributed by atoms with Gasteiger partial charge in [-0.2, -0.15) is 0 Å². The van der Waals surface area contributed by atoms with Crippen molar-refractivity contribution < 1.29 is 14.7 Å². The third kappa shape index (κ3) is 2.01. The maximum Gasteiger partial charge on any atom is 0.307 e. The van der Waals surface area contributed by atoms with E-state index in [4.69, 9.17) is 0 Å². The number of carbonyl (C=O) groups excluding carboxylic acids is 1. The Kier molecular flexibility index (Phi) is 3.62. The van der Waals surface area contributed by atoms with Crippen LogP contribution in [0, 0.1) is 46.8 Å². The highest BCUT2D eigenvalue weighted by atomic mass is 16.4. The van der Waals surface area contributed by atoms with Crippen LogP contribution >= 0.6 is 0 Å². The molecule has 8 atom stereocenters. The summed E-state index contributed by atoms with van der Waals surface area (Å²) in [7, 11) is 0. The lowest BCUT2D eigenvalue weighted by Crippen LogP contribution is -2.59. The van der Waals surface area contributed by atoms with Crippen LogP contribution in [0.1, 0.15) is 65.2 Å². The number of aliphatic carboxylic acids is 1. The zero-order valence-corrected chi connectivity index (χ0v) is 14.5. The smallest absolute Gasteiger partial charge is 0.307 e. The second-order valence-electron chi connectivity index (χ2n) is 9.01. The number of fused-ring (bicyclic) bond motifs is 6. The largest absolute Gasteiger partial charge is 0.481 e. The number of carboxylic acid groups (broad SMARTS) is 1. The van der Waals surface area contributed by atoms with Gasteiger partial charge in [-0.25, -0.2) is 0 Å². The Morgan fingerprint density at radius 2 is 2.00 bits per heavy atom. The van der Waals surface area contributed by atoms with Gasteiger partial charge in [-0.15, -0.1) is 0 Å². The van der Waals surface area contributed by atoms with E-state index in [0.717, 1.165) is 25.7 Å². The third-order valence-electron chi connectivity index (χ3n) is 8.37. The highest BCUT2D eigenvalue weighted by Crippen LogP contribution is 2.65. The first kappa shape index (κ1) is 15.7. The summed E-state index contributed by atoms with van der Waals surface area (Å²) in [6, 6.07) is 0. The van der Waals surface area contributed by atoms with Crippen molar-refractivity contribution in [3.63, 3.8) is 0 Å². The van der Waals surface area contributed by atoms with Crippen LogP contribution in [0.25, 0.3) is 0 Å². The van der Waals surface area contributed by atoms with Crippen molar-refractivity contribution in [1.29, 1.82) is 0 Å². The molecule has 0 heterocycles. The summed E-state index contributed by atoms with van der Waals surface area (Å²) in [5, 5.41) is 9.70. The van der Waals surface area contributed by atoms with Crippen LogP contribution in [0.15, 0.2) is 0 Å². The lowest BCUT2D eigenvalue weighted by Gasteiger charge is -2.59. The maximum absolute atomic E-state index is 13.4. The first-order chi connectivity index (χ1) is 11.0. The zero-order valence-electron chi connectivity index (χ0n) is 14.5. The Morgan fingerprint density at radius 1 is 1.22 bits per heavy atom. The Balaban J connectivity index is 1.76. The summed E-state index contributed by atoms with van der Waals surface area (Å²) < 4.78 is 0. The van der Waals surface area contributed by atoms with E-state index in [2.05, 4.69) is 13.8 Å². The van der Waals surface area contributed by atoms with E-state index in [0.29, 0.717) is 23.5 Å². The van der Waals surface area contributed by atoms with Gasteiger partial charge >= 0.3 is 5.97 Å². The number of carbonyl (C=O) groups is 2. The van der Waals surface area contributed by atoms with Crippen molar-refractivity contribution >= 4 is 11.8 Å². The molecular weight excluding hydrogens is 288 g/mol. The number of rotatable bonds is 2. The summed E-state index contributed by atoms with van der Waals surface area (Å²) in [5.74, 6) is 1.23. The molecule has 128 valence electrons. The summed E-state index contributed by atoms with van der Waals surface area (Å²) in [5.41, 5.74) is 0.280. The van der Waals surface area contributed by atoms with E-state index in [1.54, 1.807) is 0 Å². The summed E-state index contributed by atoms with van der Waals surface area (Å²) >= 11 is 0. The molecule has 4 saturated carbocycles. The molecule has 0 saturated heterocycles. The number of hydrogen-bond donors (Lipinski definition) is 1. The SMILES string of the molecule is CC[C@@H]1C(=O)C2C3CCC(CC2[C@@]2(C)CCCCC12)[C@@H]3C(=O)O. The number of carboxylic acids is 1. The minimum Gasteiger partial charge on any atom is -0.481 e. The monoisotopic (exact) mass is 318 g/mol. The van der Waals surface area contributed by atoms with Crippen molar-refractivity contribution in [2.24, 2.45) is 46.8 Å². The average molecular weight is 318 g/mol. The molecule has 0 spiro atoms. The molecule has 5 unspecified atom stereocenters. The second kappa shape index (κ2) is 5.32. The van der Waals surface area contributed by atoms with Crippen molar-refractivity contribution in [3.8, 4) is 0 Å². The zero-order chi connectivity index (χ0) is 16.4. The van der Waals surface area contributed by atoms with Gasteiger partial charge in [-0.1, -0.05) is 26.7 Å². The second-order valence-corrected chi connectivity index (χ2v) is 9.01. The van der Waals surface area contributed by atoms with Crippen molar-refractivity contribution in [1.82, 2.24) is 0 Å². The third-order valence-corrected chi connectivity index (χ3v) is 8.37. The molecule has 0 aromatic heterocycles. The quantitative estimate of drug-likeness (QED) is 0.832. The Labute approximate surface area is 139 Å². The van der Waals surface area contributed by atoms with Gasteiger partial charge in [0.15, 0.2) is 0 Å². The predicted octanol–water partition coefficient (Wildman–Crippen LogP) is 4.15. The normalized spacial score (nSPS) is 51.9. The van der Waals surface area contributed by atoms with Crippen LogP contribution in [0.4, 0.5) is 0 Å². The Bertz CT molecular complexity index is 527. The van der Waals surface area contributed by atoms with Gasteiger partial charge in [-0.3, -0.25) is 9.59 Å². The van der Waals surface area contributed by atoms with Crippen LogP contribution in [0.3, 0.4) is 0 Å².